The highest BCUT2D eigenvalue weighted by Gasteiger charge is 2.16. The van der Waals surface area contributed by atoms with Crippen molar-refractivity contribution in [2.45, 2.75) is 33.2 Å². The van der Waals surface area contributed by atoms with Gasteiger partial charge in [0, 0.05) is 19.1 Å². The molecule has 0 saturated carbocycles. The van der Waals surface area contributed by atoms with E-state index in [-0.39, 0.29) is 0 Å². The van der Waals surface area contributed by atoms with Crippen LogP contribution in [0.3, 0.4) is 0 Å². The molecule has 2 N–H and O–H groups in total. The van der Waals surface area contributed by atoms with Crippen LogP contribution in [0.2, 0.25) is 0 Å². The average Bonchev–Trinajstić information content (AvgIpc) is 2.30. The Bertz CT molecular complexity index is 335. The molecule has 1 aromatic rings. The molecule has 0 aliphatic rings. The minimum atomic E-state index is 0.337. The zero-order chi connectivity index (χ0) is 12.8. The van der Waals surface area contributed by atoms with Crippen molar-refractivity contribution < 1.29 is 0 Å². The standard InChI is InChI=1S/C15H26N2/c1-5-12(2)11-17(4)15(10-16)14-8-6-7-13(3)9-14/h6-9,12,15H,5,10-11,16H2,1-4H3. The maximum atomic E-state index is 5.93. The van der Waals surface area contributed by atoms with Gasteiger partial charge >= 0.3 is 0 Å². The summed E-state index contributed by atoms with van der Waals surface area (Å²) in [5, 5.41) is 0. The van der Waals surface area contributed by atoms with Gasteiger partial charge in [0.25, 0.3) is 0 Å². The maximum Gasteiger partial charge on any atom is 0.0467 e. The molecule has 0 bridgehead atoms. The number of hydrogen-bond acceptors (Lipinski definition) is 2. The third kappa shape index (κ3) is 4.14. The summed E-state index contributed by atoms with van der Waals surface area (Å²) < 4.78 is 0. The van der Waals surface area contributed by atoms with Crippen molar-refractivity contribution in [2.24, 2.45) is 11.7 Å². The second-order valence-corrected chi connectivity index (χ2v) is 5.12. The zero-order valence-electron chi connectivity index (χ0n) is 11.6. The molecule has 2 nitrogen and oxygen atoms in total. The third-order valence-electron chi connectivity index (χ3n) is 3.48. The number of aryl methyl sites for hydroxylation is 1. The Morgan fingerprint density at radius 2 is 2.06 bits per heavy atom. The van der Waals surface area contributed by atoms with E-state index in [0.717, 1.165) is 12.5 Å². The van der Waals surface area contributed by atoms with Crippen LogP contribution in [0, 0.1) is 12.8 Å². The van der Waals surface area contributed by atoms with Gasteiger partial charge in [0.1, 0.15) is 0 Å². The molecule has 2 unspecified atom stereocenters. The van der Waals surface area contributed by atoms with Gasteiger partial charge in [-0.15, -0.1) is 0 Å². The highest BCUT2D eigenvalue weighted by molar-refractivity contribution is 5.25. The first-order valence-corrected chi connectivity index (χ1v) is 6.55. The van der Waals surface area contributed by atoms with Crippen LogP contribution < -0.4 is 5.73 Å². The Morgan fingerprint density at radius 1 is 1.35 bits per heavy atom. The second-order valence-electron chi connectivity index (χ2n) is 5.12. The van der Waals surface area contributed by atoms with Gasteiger partial charge in [0.2, 0.25) is 0 Å². The number of nitrogens with two attached hydrogens (primary N) is 1. The SMILES string of the molecule is CCC(C)CN(C)C(CN)c1cccc(C)c1. The molecule has 0 aliphatic carbocycles. The topological polar surface area (TPSA) is 29.3 Å². The van der Waals surface area contributed by atoms with E-state index in [1.54, 1.807) is 0 Å². The number of nitrogens with zero attached hydrogens (tertiary/aromatic N) is 1. The molecular formula is C15H26N2. The van der Waals surface area contributed by atoms with Gasteiger partial charge in [0.05, 0.1) is 0 Å². The number of hydrogen-bond donors (Lipinski definition) is 1. The average molecular weight is 234 g/mol. The second kappa shape index (κ2) is 6.77. The molecule has 2 heteroatoms. The van der Waals surface area contributed by atoms with Crippen molar-refractivity contribution >= 4 is 0 Å². The highest BCUT2D eigenvalue weighted by atomic mass is 15.1. The zero-order valence-corrected chi connectivity index (χ0v) is 11.6. The van der Waals surface area contributed by atoms with Crippen molar-refractivity contribution in [3.05, 3.63) is 35.4 Å². The maximum absolute atomic E-state index is 5.93. The highest BCUT2D eigenvalue weighted by Crippen LogP contribution is 2.20. The molecule has 96 valence electrons. The smallest absolute Gasteiger partial charge is 0.0467 e. The molecule has 0 spiro atoms. The Labute approximate surface area is 106 Å². The number of benzene rings is 1. The summed E-state index contributed by atoms with van der Waals surface area (Å²) in [6, 6.07) is 9.00. The lowest BCUT2D eigenvalue weighted by atomic mass is 10.0. The Hall–Kier alpha value is -0.860. The minimum Gasteiger partial charge on any atom is -0.329 e. The van der Waals surface area contributed by atoms with E-state index in [1.165, 1.54) is 17.5 Å². The van der Waals surface area contributed by atoms with Gasteiger partial charge in [-0.2, -0.15) is 0 Å². The van der Waals surface area contributed by atoms with E-state index in [0.29, 0.717) is 12.6 Å². The van der Waals surface area contributed by atoms with E-state index >= 15 is 0 Å². The summed E-state index contributed by atoms with van der Waals surface area (Å²) >= 11 is 0. The quantitative estimate of drug-likeness (QED) is 0.820. The fourth-order valence-electron chi connectivity index (χ4n) is 2.20. The molecule has 1 rings (SSSR count). The lowest BCUT2D eigenvalue weighted by Crippen LogP contribution is -2.33. The summed E-state index contributed by atoms with van der Waals surface area (Å²) in [4.78, 5) is 2.38. The fourth-order valence-corrected chi connectivity index (χ4v) is 2.20. The van der Waals surface area contributed by atoms with E-state index in [9.17, 15) is 0 Å². The molecule has 1 aromatic carbocycles. The normalized spacial score (nSPS) is 14.9. The predicted molar refractivity (Wildman–Crippen MR) is 75.1 cm³/mol. The molecular weight excluding hydrogens is 208 g/mol. The van der Waals surface area contributed by atoms with Gasteiger partial charge < -0.3 is 5.73 Å². The van der Waals surface area contributed by atoms with Crippen LogP contribution in [0.15, 0.2) is 24.3 Å². The lowest BCUT2D eigenvalue weighted by molar-refractivity contribution is 0.215. The Balaban J connectivity index is 2.77. The van der Waals surface area contributed by atoms with Gasteiger partial charge in [-0.1, -0.05) is 50.1 Å². The summed E-state index contributed by atoms with van der Waals surface area (Å²) in [6.07, 6.45) is 1.22. The summed E-state index contributed by atoms with van der Waals surface area (Å²) in [5.74, 6) is 0.721. The Kier molecular flexibility index (Phi) is 5.66. The van der Waals surface area contributed by atoms with Crippen LogP contribution in [0.1, 0.15) is 37.4 Å². The fraction of sp³-hybridized carbons (Fsp3) is 0.600. The minimum absolute atomic E-state index is 0.337. The van der Waals surface area contributed by atoms with Crippen molar-refractivity contribution in [1.29, 1.82) is 0 Å². The molecule has 0 saturated heterocycles. The van der Waals surface area contributed by atoms with E-state index < -0.39 is 0 Å². The summed E-state index contributed by atoms with van der Waals surface area (Å²) in [7, 11) is 2.17. The molecule has 0 radical (unpaired) electrons. The van der Waals surface area contributed by atoms with E-state index in [2.05, 4.69) is 57.0 Å². The summed E-state index contributed by atoms with van der Waals surface area (Å²) in [5.41, 5.74) is 8.57. The monoisotopic (exact) mass is 234 g/mol. The van der Waals surface area contributed by atoms with Gasteiger partial charge in [-0.3, -0.25) is 4.90 Å². The van der Waals surface area contributed by atoms with Gasteiger partial charge in [0.15, 0.2) is 0 Å². The predicted octanol–water partition coefficient (Wildman–Crippen LogP) is 2.97. The summed E-state index contributed by atoms with van der Waals surface area (Å²) in [6.45, 7) is 8.44. The first kappa shape index (κ1) is 14.2. The van der Waals surface area contributed by atoms with Crippen molar-refractivity contribution in [3.63, 3.8) is 0 Å². The van der Waals surface area contributed by atoms with Crippen LogP contribution in [0.25, 0.3) is 0 Å². The van der Waals surface area contributed by atoms with Crippen molar-refractivity contribution in [1.82, 2.24) is 4.90 Å². The van der Waals surface area contributed by atoms with Crippen LogP contribution in [0.5, 0.6) is 0 Å². The molecule has 0 heterocycles. The molecule has 0 aliphatic heterocycles. The first-order chi connectivity index (χ1) is 8.08. The Morgan fingerprint density at radius 3 is 2.59 bits per heavy atom. The lowest BCUT2D eigenvalue weighted by Gasteiger charge is -2.29. The van der Waals surface area contributed by atoms with Gasteiger partial charge in [-0.05, 0) is 25.5 Å². The molecule has 0 fully saturated rings. The molecule has 0 aromatic heterocycles. The first-order valence-electron chi connectivity index (χ1n) is 6.55. The van der Waals surface area contributed by atoms with Crippen LogP contribution in [-0.4, -0.2) is 25.0 Å². The van der Waals surface area contributed by atoms with Crippen LogP contribution in [0.4, 0.5) is 0 Å². The van der Waals surface area contributed by atoms with Crippen LogP contribution >= 0.6 is 0 Å². The van der Waals surface area contributed by atoms with Crippen molar-refractivity contribution in [3.8, 4) is 0 Å². The van der Waals surface area contributed by atoms with Crippen LogP contribution in [-0.2, 0) is 0 Å². The third-order valence-corrected chi connectivity index (χ3v) is 3.48. The van der Waals surface area contributed by atoms with E-state index in [1.807, 2.05) is 0 Å². The van der Waals surface area contributed by atoms with Gasteiger partial charge in [-0.25, -0.2) is 0 Å². The number of rotatable bonds is 6. The molecule has 0 amide bonds. The molecule has 17 heavy (non-hydrogen) atoms. The largest absolute Gasteiger partial charge is 0.329 e. The van der Waals surface area contributed by atoms with Crippen molar-refractivity contribution in [2.75, 3.05) is 20.1 Å². The van der Waals surface area contributed by atoms with E-state index in [4.69, 9.17) is 5.73 Å². The molecule has 2 atom stereocenters. The number of likely N-dealkylation sites (N-methyl/N-ethyl adjacent to an activating group) is 1.